The third-order valence-corrected chi connectivity index (χ3v) is 6.34. The summed E-state index contributed by atoms with van der Waals surface area (Å²) < 4.78 is 13.4. The van der Waals surface area contributed by atoms with E-state index >= 15 is 0 Å². The van der Waals surface area contributed by atoms with Gasteiger partial charge in [0.05, 0.1) is 0 Å². The topological polar surface area (TPSA) is 201 Å². The molecule has 0 saturated carbocycles. The molecular weight excluding hydrogens is 629 g/mol. The molecule has 3 aromatic rings. The van der Waals surface area contributed by atoms with E-state index in [0.717, 1.165) is 49.8 Å². The Bertz CT molecular complexity index is 1460. The number of anilines is 3. The number of nitrogens with one attached hydrogen (secondary N) is 1. The second kappa shape index (κ2) is 20.8. The summed E-state index contributed by atoms with van der Waals surface area (Å²) in [7, 11) is 0. The molecule has 14 nitrogen and oxygen atoms in total. The van der Waals surface area contributed by atoms with Gasteiger partial charge in [0.25, 0.3) is 0 Å². The number of hydrogen-bond donors (Lipinski definition) is 5. The number of hydrogen-bond acceptors (Lipinski definition) is 8. The summed E-state index contributed by atoms with van der Waals surface area (Å²) in [5.41, 5.74) is 1.74. The van der Waals surface area contributed by atoms with Crippen LogP contribution in [0.5, 0.6) is 0 Å². The van der Waals surface area contributed by atoms with E-state index < -0.39 is 23.9 Å². The first-order chi connectivity index (χ1) is 22.9. The van der Waals surface area contributed by atoms with E-state index in [4.69, 9.17) is 20.4 Å². The van der Waals surface area contributed by atoms with Gasteiger partial charge in [-0.15, -0.1) is 0 Å². The second-order valence-corrected chi connectivity index (χ2v) is 9.81. The van der Waals surface area contributed by atoms with Gasteiger partial charge in [-0.05, 0) is 61.5 Å². The van der Waals surface area contributed by atoms with Gasteiger partial charge in [0.15, 0.2) is 0 Å². The van der Waals surface area contributed by atoms with Gasteiger partial charge in [0, 0.05) is 74.6 Å². The molecule has 15 heteroatoms. The summed E-state index contributed by atoms with van der Waals surface area (Å²) in [5.74, 6) is -4.43. The van der Waals surface area contributed by atoms with Gasteiger partial charge in [0.2, 0.25) is 0 Å². The van der Waals surface area contributed by atoms with Crippen molar-refractivity contribution < 1.29 is 48.8 Å². The van der Waals surface area contributed by atoms with Crippen molar-refractivity contribution in [1.82, 2.24) is 14.8 Å². The molecule has 0 spiro atoms. The van der Waals surface area contributed by atoms with E-state index in [9.17, 15) is 28.4 Å². The minimum atomic E-state index is -1.26. The highest BCUT2D eigenvalue weighted by Gasteiger charge is 2.21. The van der Waals surface area contributed by atoms with Gasteiger partial charge < -0.3 is 35.5 Å². The molecule has 4 rings (SSSR count). The Morgan fingerprint density at radius 1 is 0.729 bits per heavy atom. The largest absolute Gasteiger partial charge is 0.478 e. The minimum Gasteiger partial charge on any atom is -0.478 e. The van der Waals surface area contributed by atoms with E-state index in [1.807, 2.05) is 53.4 Å². The molecule has 254 valence electrons. The first-order valence-corrected chi connectivity index (χ1v) is 14.5. The third kappa shape index (κ3) is 15.8. The lowest BCUT2D eigenvalue weighted by molar-refractivity contribution is -0.134. The zero-order valence-corrected chi connectivity index (χ0v) is 25.8. The van der Waals surface area contributed by atoms with E-state index in [1.165, 1.54) is 12.1 Å². The van der Waals surface area contributed by atoms with Crippen LogP contribution in [0.2, 0.25) is 0 Å². The lowest BCUT2D eigenvalue weighted by Gasteiger charge is -2.35. The predicted molar refractivity (Wildman–Crippen MR) is 175 cm³/mol. The van der Waals surface area contributed by atoms with Crippen LogP contribution in [0.25, 0.3) is 0 Å². The molecule has 0 bridgehead atoms. The SMILES string of the molecule is O=C(Nc1ccccc1)N1CCN(CCCN(c2ccc(F)cc2)c2ccccn2)CC1.O=C(O)/C=C/C(=O)O.O=C(O)/C=C/C(=O)O. The highest BCUT2D eigenvalue weighted by Crippen LogP contribution is 2.24. The molecule has 2 aromatic carbocycles. The highest BCUT2D eigenvalue weighted by molar-refractivity contribution is 5.90. The average Bonchev–Trinajstić information content (AvgIpc) is 3.07. The van der Waals surface area contributed by atoms with E-state index in [1.54, 1.807) is 18.3 Å². The van der Waals surface area contributed by atoms with Gasteiger partial charge in [-0.3, -0.25) is 4.90 Å². The number of carboxylic acid groups (broad SMARTS) is 4. The van der Waals surface area contributed by atoms with Crippen LogP contribution < -0.4 is 10.2 Å². The fourth-order valence-corrected chi connectivity index (χ4v) is 4.15. The molecule has 48 heavy (non-hydrogen) atoms. The summed E-state index contributed by atoms with van der Waals surface area (Å²) in [6, 6.07) is 21.8. The number of para-hydroxylation sites is 1. The molecule has 0 radical (unpaired) electrons. The Hall–Kier alpha value is -6.09. The normalized spacial score (nSPS) is 12.6. The quantitative estimate of drug-likeness (QED) is 0.185. The number of aliphatic carboxylic acids is 4. The smallest absolute Gasteiger partial charge is 0.328 e. The number of nitrogens with zero attached hydrogens (tertiary/aromatic N) is 4. The number of rotatable bonds is 11. The minimum absolute atomic E-state index is 0.0477. The van der Waals surface area contributed by atoms with Gasteiger partial charge in [-0.25, -0.2) is 33.3 Å². The van der Waals surface area contributed by atoms with Gasteiger partial charge in [0.1, 0.15) is 11.6 Å². The van der Waals surface area contributed by atoms with Crippen molar-refractivity contribution in [2.45, 2.75) is 6.42 Å². The Labute approximate surface area is 275 Å². The van der Waals surface area contributed by atoms with E-state index in [2.05, 4.69) is 20.1 Å². The monoisotopic (exact) mass is 665 g/mol. The number of benzene rings is 2. The lowest BCUT2D eigenvalue weighted by atomic mass is 10.2. The molecule has 1 aliphatic rings. The molecular formula is C33H36FN5O9. The molecule has 2 amide bonds. The van der Waals surface area contributed by atoms with Crippen LogP contribution in [0.15, 0.2) is 103 Å². The van der Waals surface area contributed by atoms with Crippen LogP contribution in [0, 0.1) is 5.82 Å². The number of carbonyl (C=O) groups excluding carboxylic acids is 1. The molecule has 1 saturated heterocycles. The lowest BCUT2D eigenvalue weighted by Crippen LogP contribution is -2.50. The molecule has 1 aliphatic heterocycles. The Morgan fingerprint density at radius 3 is 1.73 bits per heavy atom. The fourth-order valence-electron chi connectivity index (χ4n) is 4.15. The number of carbonyl (C=O) groups is 5. The average molecular weight is 666 g/mol. The second-order valence-electron chi connectivity index (χ2n) is 9.81. The number of piperazine rings is 1. The summed E-state index contributed by atoms with van der Waals surface area (Å²) in [6.07, 6.45) is 4.94. The van der Waals surface area contributed by atoms with Crippen LogP contribution in [-0.4, -0.2) is 104 Å². The number of pyridine rings is 1. The van der Waals surface area contributed by atoms with Crippen molar-refractivity contribution in [3.05, 3.63) is 109 Å². The fraction of sp³-hybridized carbons (Fsp3) is 0.212. The zero-order chi connectivity index (χ0) is 35.3. The van der Waals surface area contributed by atoms with Crippen LogP contribution >= 0.6 is 0 Å². The predicted octanol–water partition coefficient (Wildman–Crippen LogP) is 4.02. The van der Waals surface area contributed by atoms with Crippen molar-refractivity contribution in [1.29, 1.82) is 0 Å². The van der Waals surface area contributed by atoms with Crippen LogP contribution in [0.4, 0.5) is 26.4 Å². The summed E-state index contributed by atoms with van der Waals surface area (Å²) in [6.45, 7) is 4.82. The van der Waals surface area contributed by atoms with Gasteiger partial charge in [-0.1, -0.05) is 24.3 Å². The molecule has 1 fully saturated rings. The van der Waals surface area contributed by atoms with Crippen molar-refractivity contribution in [2.24, 2.45) is 0 Å². The number of carboxylic acids is 4. The first-order valence-electron chi connectivity index (χ1n) is 14.5. The number of amides is 2. The molecule has 1 aromatic heterocycles. The maximum Gasteiger partial charge on any atom is 0.328 e. The van der Waals surface area contributed by atoms with Gasteiger partial charge >= 0.3 is 29.9 Å². The van der Waals surface area contributed by atoms with Crippen molar-refractivity contribution in [2.75, 3.05) is 49.5 Å². The van der Waals surface area contributed by atoms with Crippen molar-refractivity contribution >= 4 is 47.1 Å². The maximum atomic E-state index is 13.4. The van der Waals surface area contributed by atoms with E-state index in [0.29, 0.717) is 37.4 Å². The number of halogens is 1. The van der Waals surface area contributed by atoms with Crippen molar-refractivity contribution in [3.8, 4) is 0 Å². The highest BCUT2D eigenvalue weighted by atomic mass is 19.1. The summed E-state index contributed by atoms with van der Waals surface area (Å²) in [4.78, 5) is 61.5. The van der Waals surface area contributed by atoms with E-state index in [-0.39, 0.29) is 11.8 Å². The standard InChI is InChI=1S/C25H28FN5O.2C4H4O4/c26-21-10-12-23(13-11-21)31(24-9-4-5-14-27-24)16-6-15-29-17-19-30(20-18-29)25(32)28-22-7-2-1-3-8-22;2*5-3(6)1-2-4(7)8/h1-5,7-14H,6,15-20H2,(H,28,32);2*1-2H,(H,5,6)(H,7,8)/b;2*2-1+. The maximum absolute atomic E-state index is 13.4. The number of urea groups is 1. The van der Waals surface area contributed by atoms with Crippen LogP contribution in [0.3, 0.4) is 0 Å². The molecule has 5 N–H and O–H groups in total. The summed E-state index contributed by atoms with van der Waals surface area (Å²) in [5, 5.41) is 34.2. The Morgan fingerprint density at radius 2 is 1.25 bits per heavy atom. The first kappa shape index (κ1) is 38.1. The van der Waals surface area contributed by atoms with Gasteiger partial charge in [-0.2, -0.15) is 0 Å². The Balaban J connectivity index is 0.000000414. The zero-order valence-electron chi connectivity index (χ0n) is 25.8. The summed E-state index contributed by atoms with van der Waals surface area (Å²) >= 11 is 0. The molecule has 0 unspecified atom stereocenters. The molecule has 0 aliphatic carbocycles. The van der Waals surface area contributed by atoms with Crippen LogP contribution in [-0.2, 0) is 19.2 Å². The number of aromatic nitrogens is 1. The Kier molecular flexibility index (Phi) is 16.5. The molecule has 0 atom stereocenters. The molecule has 2 heterocycles. The third-order valence-electron chi connectivity index (χ3n) is 6.34. The van der Waals surface area contributed by atoms with Crippen molar-refractivity contribution in [3.63, 3.8) is 0 Å². The van der Waals surface area contributed by atoms with Crippen LogP contribution in [0.1, 0.15) is 6.42 Å².